The van der Waals surface area contributed by atoms with Crippen LogP contribution in [0.3, 0.4) is 0 Å². The molecule has 2 aromatic rings. The Hall–Kier alpha value is -1.25. The second kappa shape index (κ2) is 1.87. The highest BCUT2D eigenvalue weighted by atomic mass is 15.2. The maximum Gasteiger partial charge on any atom is 0.265 e. The maximum absolute atomic E-state index is 5.48. The summed E-state index contributed by atoms with van der Waals surface area (Å²) in [6, 6.07) is 7.81. The number of aromatic nitrogens is 2. The number of hydrogen-bond acceptors (Lipinski definition) is 1. The molecule has 0 atom stereocenters. The summed E-state index contributed by atoms with van der Waals surface area (Å²) < 4.78 is 1.37. The summed E-state index contributed by atoms with van der Waals surface area (Å²) in [6.45, 7) is 0. The van der Waals surface area contributed by atoms with Gasteiger partial charge in [-0.05, 0) is 6.07 Å². The molecule has 0 saturated heterocycles. The Morgan fingerprint density at radius 2 is 2.10 bits per heavy atom. The smallest absolute Gasteiger partial charge is 0.265 e. The van der Waals surface area contributed by atoms with E-state index in [-0.39, 0.29) is 0 Å². The highest BCUT2D eigenvalue weighted by Crippen LogP contribution is 2.09. The van der Waals surface area contributed by atoms with Crippen molar-refractivity contribution in [3.05, 3.63) is 30.5 Å². The lowest BCUT2D eigenvalue weighted by Gasteiger charge is -1.90. The van der Waals surface area contributed by atoms with E-state index in [0.29, 0.717) is 0 Å². The van der Waals surface area contributed by atoms with Gasteiger partial charge in [-0.25, -0.2) is 0 Å². The first kappa shape index (κ1) is 5.53. The van der Waals surface area contributed by atoms with Gasteiger partial charge >= 0.3 is 0 Å². The molecule has 0 amide bonds. The van der Waals surface area contributed by atoms with Crippen molar-refractivity contribution >= 4 is 18.9 Å². The van der Waals surface area contributed by atoms with Crippen LogP contribution in [0.5, 0.6) is 0 Å². The van der Waals surface area contributed by atoms with Gasteiger partial charge in [0.05, 0.1) is 11.7 Å². The standard InChI is InChI=1S/C7H5BN2/c8-10-7-4-2-1-3-6(7)5-9-10/h1-5H. The molecule has 2 nitrogen and oxygen atoms in total. The first-order valence-electron chi connectivity index (χ1n) is 3.06. The van der Waals surface area contributed by atoms with Crippen LogP contribution in [0.15, 0.2) is 30.5 Å². The fraction of sp³-hybridized carbons (Fsp3) is 0. The van der Waals surface area contributed by atoms with E-state index in [1.54, 1.807) is 6.20 Å². The SMILES string of the molecule is [B]n1ncc2ccccc21. The zero-order valence-electron chi connectivity index (χ0n) is 5.36. The number of hydrogen-bond donors (Lipinski definition) is 0. The summed E-state index contributed by atoms with van der Waals surface area (Å²) in [7, 11) is 5.48. The van der Waals surface area contributed by atoms with Gasteiger partial charge in [-0.2, -0.15) is 5.10 Å². The monoisotopic (exact) mass is 128 g/mol. The molecule has 3 heteroatoms. The zero-order valence-corrected chi connectivity index (χ0v) is 5.36. The Morgan fingerprint density at radius 3 is 2.90 bits per heavy atom. The number of rotatable bonds is 0. The molecule has 1 aromatic carbocycles. The summed E-state index contributed by atoms with van der Waals surface area (Å²) in [5.41, 5.74) is 0.961. The molecular weight excluding hydrogens is 123 g/mol. The largest absolute Gasteiger partial charge is 0.324 e. The Kier molecular flexibility index (Phi) is 1.03. The molecule has 0 bridgehead atoms. The van der Waals surface area contributed by atoms with Crippen molar-refractivity contribution < 1.29 is 0 Å². The van der Waals surface area contributed by atoms with Gasteiger partial charge in [0.2, 0.25) is 0 Å². The Bertz CT molecular complexity index is 353. The van der Waals surface area contributed by atoms with E-state index in [4.69, 9.17) is 7.98 Å². The summed E-state index contributed by atoms with van der Waals surface area (Å²) in [4.78, 5) is 0. The minimum Gasteiger partial charge on any atom is -0.324 e. The predicted octanol–water partition coefficient (Wildman–Crippen LogP) is 0.968. The molecule has 0 aliphatic rings. The van der Waals surface area contributed by atoms with Crippen molar-refractivity contribution in [3.63, 3.8) is 0 Å². The van der Waals surface area contributed by atoms with Gasteiger partial charge in [0, 0.05) is 5.39 Å². The van der Waals surface area contributed by atoms with Crippen LogP contribution in [0.4, 0.5) is 0 Å². The van der Waals surface area contributed by atoms with Crippen LogP contribution in [0, 0.1) is 0 Å². The zero-order chi connectivity index (χ0) is 6.97. The Balaban J connectivity index is 2.93. The average Bonchev–Trinajstić information content (AvgIpc) is 2.34. The van der Waals surface area contributed by atoms with Gasteiger partial charge < -0.3 is 4.59 Å². The second-order valence-corrected chi connectivity index (χ2v) is 2.15. The minimum atomic E-state index is 0.961. The van der Waals surface area contributed by atoms with Gasteiger partial charge in [-0.1, -0.05) is 18.2 Å². The van der Waals surface area contributed by atoms with Crippen molar-refractivity contribution in [2.45, 2.75) is 0 Å². The van der Waals surface area contributed by atoms with E-state index < -0.39 is 0 Å². The molecule has 1 aromatic heterocycles. The van der Waals surface area contributed by atoms with Gasteiger partial charge in [0.1, 0.15) is 0 Å². The number of fused-ring (bicyclic) bond motifs is 1. The van der Waals surface area contributed by atoms with E-state index in [0.717, 1.165) is 10.9 Å². The Labute approximate surface area is 59.9 Å². The average molecular weight is 128 g/mol. The van der Waals surface area contributed by atoms with E-state index in [9.17, 15) is 0 Å². The quantitative estimate of drug-likeness (QED) is 0.483. The lowest BCUT2D eigenvalue weighted by Crippen LogP contribution is -1.91. The molecule has 1 heterocycles. The summed E-state index contributed by atoms with van der Waals surface area (Å²) in [5.74, 6) is 0. The first-order valence-corrected chi connectivity index (χ1v) is 3.06. The molecule has 2 rings (SSSR count). The molecule has 0 saturated carbocycles. The summed E-state index contributed by atoms with van der Waals surface area (Å²) in [5, 5.41) is 4.96. The number of para-hydroxylation sites is 1. The molecule has 0 unspecified atom stereocenters. The molecule has 0 aliphatic heterocycles. The number of nitrogens with zero attached hydrogens (tertiary/aromatic N) is 2. The van der Waals surface area contributed by atoms with Gasteiger partial charge in [-0.15, -0.1) is 0 Å². The van der Waals surface area contributed by atoms with Crippen LogP contribution < -0.4 is 0 Å². The first-order chi connectivity index (χ1) is 4.88. The van der Waals surface area contributed by atoms with Crippen LogP contribution in [-0.4, -0.2) is 17.7 Å². The fourth-order valence-electron chi connectivity index (χ4n) is 0.992. The van der Waals surface area contributed by atoms with E-state index in [1.165, 1.54) is 4.59 Å². The molecule has 2 radical (unpaired) electrons. The fourth-order valence-corrected chi connectivity index (χ4v) is 0.992. The van der Waals surface area contributed by atoms with Crippen molar-refractivity contribution in [2.75, 3.05) is 0 Å². The van der Waals surface area contributed by atoms with E-state index in [2.05, 4.69) is 5.10 Å². The molecule has 46 valence electrons. The Morgan fingerprint density at radius 1 is 1.30 bits per heavy atom. The van der Waals surface area contributed by atoms with Crippen molar-refractivity contribution in [2.24, 2.45) is 0 Å². The van der Waals surface area contributed by atoms with Gasteiger partial charge in [-0.3, -0.25) is 0 Å². The summed E-state index contributed by atoms with van der Waals surface area (Å²) >= 11 is 0. The number of benzene rings is 1. The molecule has 0 spiro atoms. The van der Waals surface area contributed by atoms with E-state index >= 15 is 0 Å². The third kappa shape index (κ3) is 0.636. The van der Waals surface area contributed by atoms with Crippen molar-refractivity contribution in [3.8, 4) is 0 Å². The normalized spacial score (nSPS) is 10.4. The van der Waals surface area contributed by atoms with Gasteiger partial charge in [0.25, 0.3) is 7.98 Å². The minimum absolute atomic E-state index is 0.961. The van der Waals surface area contributed by atoms with E-state index in [1.807, 2.05) is 24.3 Å². The highest BCUT2D eigenvalue weighted by molar-refractivity contribution is 6.10. The molecular formula is C7H5BN2. The third-order valence-corrected chi connectivity index (χ3v) is 1.50. The molecule has 10 heavy (non-hydrogen) atoms. The van der Waals surface area contributed by atoms with Crippen LogP contribution >= 0.6 is 0 Å². The van der Waals surface area contributed by atoms with Crippen LogP contribution in [-0.2, 0) is 0 Å². The molecule has 0 fully saturated rings. The van der Waals surface area contributed by atoms with Crippen molar-refractivity contribution in [1.29, 1.82) is 0 Å². The van der Waals surface area contributed by atoms with Crippen LogP contribution in [0.2, 0.25) is 0 Å². The molecule has 0 aliphatic carbocycles. The highest BCUT2D eigenvalue weighted by Gasteiger charge is 1.93. The maximum atomic E-state index is 5.48. The van der Waals surface area contributed by atoms with Gasteiger partial charge in [0.15, 0.2) is 0 Å². The lowest BCUT2D eigenvalue weighted by atomic mass is 10.2. The molecule has 0 N–H and O–H groups in total. The second-order valence-electron chi connectivity index (χ2n) is 2.15. The van der Waals surface area contributed by atoms with Crippen LogP contribution in [0.25, 0.3) is 10.9 Å². The summed E-state index contributed by atoms with van der Waals surface area (Å²) in [6.07, 6.45) is 1.75. The van der Waals surface area contributed by atoms with Crippen molar-refractivity contribution in [1.82, 2.24) is 9.69 Å². The lowest BCUT2D eigenvalue weighted by molar-refractivity contribution is 1.02. The van der Waals surface area contributed by atoms with Crippen LogP contribution in [0.1, 0.15) is 0 Å². The predicted molar refractivity (Wildman–Crippen MR) is 40.9 cm³/mol. The third-order valence-electron chi connectivity index (χ3n) is 1.50. The topological polar surface area (TPSA) is 17.8 Å².